The number of nitrogens with zero attached hydrogens (tertiary/aromatic N) is 3. The Morgan fingerprint density at radius 1 is 0.477 bits per heavy atom. The molecule has 0 saturated heterocycles. The number of rotatable bonds is 3. The fourth-order valence-electron chi connectivity index (χ4n) is 7.18. The van der Waals surface area contributed by atoms with Gasteiger partial charge in [-0.15, -0.1) is 11.3 Å². The average Bonchev–Trinajstić information content (AvgIpc) is 3.61. The largest absolute Gasteiger partial charge is 0.277 e. The number of para-hydroxylation sites is 1. The first kappa shape index (κ1) is 23.9. The Bertz CT molecular complexity index is 2590. The minimum absolute atomic E-state index is 0.673. The summed E-state index contributed by atoms with van der Waals surface area (Å²) in [4.78, 5) is 10.6. The Balaban J connectivity index is 1.43. The van der Waals surface area contributed by atoms with Crippen LogP contribution in [0.15, 0.2) is 140 Å². The highest BCUT2D eigenvalue weighted by Crippen LogP contribution is 2.54. The van der Waals surface area contributed by atoms with Crippen molar-refractivity contribution < 1.29 is 0 Å². The predicted molar refractivity (Wildman–Crippen MR) is 185 cm³/mol. The van der Waals surface area contributed by atoms with Crippen LogP contribution in [0.4, 0.5) is 0 Å². The molecule has 0 N–H and O–H groups in total. The highest BCUT2D eigenvalue weighted by Gasteiger charge is 2.30. The first-order valence-corrected chi connectivity index (χ1v) is 15.7. The molecular formula is C40H23N3S. The Morgan fingerprint density at radius 2 is 1.09 bits per heavy atom. The van der Waals surface area contributed by atoms with Gasteiger partial charge in [0.15, 0.2) is 0 Å². The Hall–Kier alpha value is -5.58. The fraction of sp³-hybridized carbons (Fsp3) is 0. The lowest BCUT2D eigenvalue weighted by molar-refractivity contribution is 0.991. The van der Waals surface area contributed by atoms with Gasteiger partial charge in [-0.2, -0.15) is 0 Å². The topological polar surface area (TPSA) is 30.7 Å². The molecule has 0 bridgehead atoms. The summed E-state index contributed by atoms with van der Waals surface area (Å²) in [7, 11) is 0. The van der Waals surface area contributed by atoms with E-state index in [0.29, 0.717) is 5.95 Å². The summed E-state index contributed by atoms with van der Waals surface area (Å²) in [5, 5.41) is 4.97. The molecule has 0 radical (unpaired) electrons. The molecule has 6 aromatic carbocycles. The molecule has 0 spiro atoms. The van der Waals surface area contributed by atoms with Crippen molar-refractivity contribution in [3.63, 3.8) is 0 Å². The number of fused-ring (bicyclic) bond motifs is 3. The number of benzene rings is 6. The Morgan fingerprint density at radius 3 is 1.86 bits per heavy atom. The van der Waals surface area contributed by atoms with Gasteiger partial charge in [-0.3, -0.25) is 4.57 Å². The zero-order chi connectivity index (χ0) is 28.8. The minimum atomic E-state index is 0.673. The lowest BCUT2D eigenvalue weighted by Gasteiger charge is -2.15. The molecule has 44 heavy (non-hydrogen) atoms. The number of hydrogen-bond acceptors (Lipinski definition) is 3. The molecular weight excluding hydrogens is 555 g/mol. The zero-order valence-electron chi connectivity index (χ0n) is 23.5. The highest BCUT2D eigenvalue weighted by molar-refractivity contribution is 7.26. The van der Waals surface area contributed by atoms with Gasteiger partial charge in [-0.25, -0.2) is 9.97 Å². The van der Waals surface area contributed by atoms with Gasteiger partial charge in [0.1, 0.15) is 0 Å². The zero-order valence-corrected chi connectivity index (χ0v) is 24.3. The predicted octanol–water partition coefficient (Wildman–Crippen LogP) is 10.9. The van der Waals surface area contributed by atoms with Crippen LogP contribution in [0.3, 0.4) is 0 Å². The molecule has 3 nitrogen and oxygen atoms in total. The van der Waals surface area contributed by atoms with Crippen molar-refractivity contribution in [2.45, 2.75) is 0 Å². The molecule has 0 amide bonds. The van der Waals surface area contributed by atoms with Crippen LogP contribution in [0.5, 0.6) is 0 Å². The summed E-state index contributed by atoms with van der Waals surface area (Å²) in [6.45, 7) is 0. The van der Waals surface area contributed by atoms with Crippen LogP contribution >= 0.6 is 11.3 Å². The number of thiophene rings is 1. The molecule has 0 aliphatic heterocycles. The normalized spacial score (nSPS) is 12.1. The molecule has 3 aromatic heterocycles. The molecule has 0 fully saturated rings. The van der Waals surface area contributed by atoms with E-state index in [2.05, 4.69) is 138 Å². The van der Waals surface area contributed by atoms with Crippen molar-refractivity contribution in [2.75, 3.05) is 0 Å². The summed E-state index contributed by atoms with van der Waals surface area (Å²) >= 11 is 1.88. The van der Waals surface area contributed by atoms with Gasteiger partial charge in [0.25, 0.3) is 0 Å². The third kappa shape index (κ3) is 3.20. The lowest BCUT2D eigenvalue weighted by Crippen LogP contribution is -2.05. The fourth-order valence-corrected chi connectivity index (χ4v) is 8.34. The summed E-state index contributed by atoms with van der Waals surface area (Å²) in [6, 6.07) is 49.7. The van der Waals surface area contributed by atoms with Gasteiger partial charge < -0.3 is 0 Å². The molecule has 9 aromatic rings. The maximum atomic E-state index is 5.37. The van der Waals surface area contributed by atoms with Crippen molar-refractivity contribution in [3.8, 4) is 50.7 Å². The molecule has 1 aliphatic rings. The molecule has 204 valence electrons. The van der Waals surface area contributed by atoms with Crippen molar-refractivity contribution in [1.82, 2.24) is 14.5 Å². The highest BCUT2D eigenvalue weighted by atomic mass is 32.1. The second-order valence-corrected chi connectivity index (χ2v) is 12.4. The molecule has 4 heteroatoms. The molecule has 3 heterocycles. The van der Waals surface area contributed by atoms with E-state index < -0.39 is 0 Å². The van der Waals surface area contributed by atoms with E-state index in [4.69, 9.17) is 9.97 Å². The minimum Gasteiger partial charge on any atom is -0.277 e. The van der Waals surface area contributed by atoms with E-state index in [1.54, 1.807) is 0 Å². The van der Waals surface area contributed by atoms with Gasteiger partial charge in [-0.1, -0.05) is 115 Å². The Kier molecular flexibility index (Phi) is 4.87. The van der Waals surface area contributed by atoms with Crippen molar-refractivity contribution >= 4 is 53.3 Å². The maximum Gasteiger partial charge on any atom is 0.235 e. The second-order valence-electron chi connectivity index (χ2n) is 11.3. The standard InChI is InChI=1S/C40H23N3S/c1-3-12-24(13-4-1)38-28-16-7-8-20-30(28)41-40(42-38)43-31-21-9-17-26-27-18-10-22-32-35(27)36-29(19-11-23-33(36)44-32)37(34(26)31)39(43)25-14-5-2-6-15-25/h1-23H. The van der Waals surface area contributed by atoms with Crippen LogP contribution in [0.25, 0.3) is 92.7 Å². The third-order valence-corrected chi connectivity index (χ3v) is 10.1. The van der Waals surface area contributed by atoms with Crippen molar-refractivity contribution in [2.24, 2.45) is 0 Å². The van der Waals surface area contributed by atoms with Crippen molar-refractivity contribution in [1.29, 1.82) is 0 Å². The van der Waals surface area contributed by atoms with Crippen LogP contribution in [-0.4, -0.2) is 14.5 Å². The first-order chi connectivity index (χ1) is 21.8. The smallest absolute Gasteiger partial charge is 0.235 e. The second kappa shape index (κ2) is 8.96. The van der Waals surface area contributed by atoms with E-state index in [0.717, 1.165) is 38.9 Å². The SMILES string of the molecule is c1ccc(-c2nc(-n3c(-c4ccccc4)c4c5c(cccc53)-c3cccc5sc6cccc-4c6c35)nc3ccccc23)cc1. The van der Waals surface area contributed by atoms with Crippen LogP contribution in [-0.2, 0) is 0 Å². The first-order valence-electron chi connectivity index (χ1n) is 14.9. The van der Waals surface area contributed by atoms with Gasteiger partial charge in [-0.05, 0) is 46.5 Å². The number of hydrogen-bond donors (Lipinski definition) is 0. The van der Waals surface area contributed by atoms with Gasteiger partial charge in [0, 0.05) is 42.1 Å². The monoisotopic (exact) mass is 577 g/mol. The van der Waals surface area contributed by atoms with E-state index in [1.165, 1.54) is 47.8 Å². The quantitative estimate of drug-likeness (QED) is 0.209. The lowest BCUT2D eigenvalue weighted by atomic mass is 9.95. The van der Waals surface area contributed by atoms with Crippen LogP contribution in [0, 0.1) is 0 Å². The molecule has 0 saturated carbocycles. The molecule has 1 aliphatic carbocycles. The van der Waals surface area contributed by atoms with E-state index in [1.807, 2.05) is 17.4 Å². The van der Waals surface area contributed by atoms with Gasteiger partial charge in [0.05, 0.1) is 22.4 Å². The summed E-state index contributed by atoms with van der Waals surface area (Å²) in [5.41, 5.74) is 11.3. The average molecular weight is 578 g/mol. The van der Waals surface area contributed by atoms with Gasteiger partial charge in [0.2, 0.25) is 5.95 Å². The summed E-state index contributed by atoms with van der Waals surface area (Å²) in [5.74, 6) is 0.673. The van der Waals surface area contributed by atoms with Gasteiger partial charge >= 0.3 is 0 Å². The van der Waals surface area contributed by atoms with Crippen molar-refractivity contribution in [3.05, 3.63) is 140 Å². The number of aromatic nitrogens is 3. The van der Waals surface area contributed by atoms with E-state index in [9.17, 15) is 0 Å². The van der Waals surface area contributed by atoms with Crippen LogP contribution < -0.4 is 0 Å². The maximum absolute atomic E-state index is 5.37. The molecule has 0 unspecified atom stereocenters. The van der Waals surface area contributed by atoms with E-state index >= 15 is 0 Å². The summed E-state index contributed by atoms with van der Waals surface area (Å²) < 4.78 is 4.94. The third-order valence-electron chi connectivity index (χ3n) is 8.96. The van der Waals surface area contributed by atoms with Crippen LogP contribution in [0.1, 0.15) is 0 Å². The Labute approximate surface area is 257 Å². The van der Waals surface area contributed by atoms with E-state index in [-0.39, 0.29) is 0 Å². The molecule has 10 rings (SSSR count). The molecule has 0 atom stereocenters. The summed E-state index contributed by atoms with van der Waals surface area (Å²) in [6.07, 6.45) is 0. The van der Waals surface area contributed by atoms with Crippen LogP contribution in [0.2, 0.25) is 0 Å².